The number of nitrogens with zero attached hydrogens (tertiary/aromatic N) is 2. The Hall–Kier alpha value is -1.88. The maximum atomic E-state index is 12.0. The van der Waals surface area contributed by atoms with Gasteiger partial charge in [0.2, 0.25) is 0 Å². The highest BCUT2D eigenvalue weighted by molar-refractivity contribution is 5.77. The maximum Gasteiger partial charge on any atom is 0.317 e. The van der Waals surface area contributed by atoms with Gasteiger partial charge in [0.25, 0.3) is 0 Å². The Labute approximate surface area is 119 Å². The average molecular weight is 275 g/mol. The minimum Gasteiger partial charge on any atom is -0.334 e. The van der Waals surface area contributed by atoms with Gasteiger partial charge in [0.05, 0.1) is 6.54 Å². The number of carbonyl (C=O) groups excluding carboxylic acids is 2. The quantitative estimate of drug-likeness (QED) is 0.895. The van der Waals surface area contributed by atoms with Gasteiger partial charge >= 0.3 is 6.03 Å². The summed E-state index contributed by atoms with van der Waals surface area (Å²) >= 11 is 0. The van der Waals surface area contributed by atoms with Crippen LogP contribution in [0.2, 0.25) is 0 Å². The molecule has 0 bridgehead atoms. The number of urea groups is 1. The fraction of sp³-hybridized carbons (Fsp3) is 0.467. The summed E-state index contributed by atoms with van der Waals surface area (Å²) in [6, 6.07) is 9.83. The van der Waals surface area contributed by atoms with Gasteiger partial charge in [0.15, 0.2) is 0 Å². The van der Waals surface area contributed by atoms with Crippen molar-refractivity contribution in [3.05, 3.63) is 35.9 Å². The molecule has 0 atom stereocenters. The van der Waals surface area contributed by atoms with Crippen LogP contribution in [0.3, 0.4) is 0 Å². The number of carbonyl (C=O) groups is 2. The van der Waals surface area contributed by atoms with E-state index in [1.165, 1.54) is 0 Å². The fourth-order valence-corrected chi connectivity index (χ4v) is 2.31. The van der Waals surface area contributed by atoms with Gasteiger partial charge in [-0.15, -0.1) is 0 Å². The first-order chi connectivity index (χ1) is 9.65. The molecule has 1 aliphatic heterocycles. The van der Waals surface area contributed by atoms with Crippen LogP contribution in [-0.4, -0.2) is 54.3 Å². The van der Waals surface area contributed by atoms with Gasteiger partial charge in [0, 0.05) is 32.7 Å². The summed E-state index contributed by atoms with van der Waals surface area (Å²) in [5.74, 6) is 0.173. The van der Waals surface area contributed by atoms with Crippen molar-refractivity contribution in [2.45, 2.75) is 13.5 Å². The molecule has 0 saturated carbocycles. The van der Waals surface area contributed by atoms with Crippen molar-refractivity contribution in [1.29, 1.82) is 0 Å². The van der Waals surface area contributed by atoms with E-state index >= 15 is 0 Å². The van der Waals surface area contributed by atoms with E-state index in [1.807, 2.05) is 30.3 Å². The summed E-state index contributed by atoms with van der Waals surface area (Å²) in [4.78, 5) is 27.0. The van der Waals surface area contributed by atoms with Crippen LogP contribution in [0.25, 0.3) is 0 Å². The fourth-order valence-electron chi connectivity index (χ4n) is 2.31. The summed E-state index contributed by atoms with van der Waals surface area (Å²) in [7, 11) is 0. The van der Waals surface area contributed by atoms with Gasteiger partial charge in [-0.3, -0.25) is 9.69 Å². The molecule has 20 heavy (non-hydrogen) atoms. The lowest BCUT2D eigenvalue weighted by molar-refractivity contribution is -0.118. The Morgan fingerprint density at radius 3 is 2.35 bits per heavy atom. The summed E-state index contributed by atoms with van der Waals surface area (Å²) < 4.78 is 0. The van der Waals surface area contributed by atoms with Gasteiger partial charge in [-0.25, -0.2) is 4.79 Å². The van der Waals surface area contributed by atoms with Gasteiger partial charge in [-0.1, -0.05) is 30.3 Å². The number of amides is 2. The molecule has 1 fully saturated rings. The molecule has 2 rings (SSSR count). The van der Waals surface area contributed by atoms with Crippen molar-refractivity contribution in [3.8, 4) is 0 Å². The zero-order valence-corrected chi connectivity index (χ0v) is 11.8. The van der Waals surface area contributed by atoms with Crippen molar-refractivity contribution in [2.24, 2.45) is 0 Å². The minimum atomic E-state index is -0.0312. The lowest BCUT2D eigenvalue weighted by Crippen LogP contribution is -2.52. The zero-order chi connectivity index (χ0) is 14.4. The van der Waals surface area contributed by atoms with Crippen molar-refractivity contribution in [2.75, 3.05) is 32.7 Å². The molecular weight excluding hydrogens is 254 g/mol. The maximum absolute atomic E-state index is 12.0. The average Bonchev–Trinajstić information content (AvgIpc) is 2.46. The van der Waals surface area contributed by atoms with Crippen molar-refractivity contribution in [3.63, 3.8) is 0 Å². The highest BCUT2D eigenvalue weighted by Crippen LogP contribution is 2.03. The van der Waals surface area contributed by atoms with E-state index in [-0.39, 0.29) is 11.8 Å². The molecule has 1 aromatic carbocycles. The van der Waals surface area contributed by atoms with E-state index in [0.717, 1.165) is 18.7 Å². The third-order valence-electron chi connectivity index (χ3n) is 3.39. The van der Waals surface area contributed by atoms with Crippen LogP contribution in [0, 0.1) is 0 Å². The smallest absolute Gasteiger partial charge is 0.317 e. The van der Waals surface area contributed by atoms with Gasteiger partial charge < -0.3 is 10.2 Å². The van der Waals surface area contributed by atoms with E-state index in [1.54, 1.807) is 11.8 Å². The number of hydrogen-bond acceptors (Lipinski definition) is 3. The summed E-state index contributed by atoms with van der Waals surface area (Å²) in [6.07, 6.45) is 0. The molecule has 1 saturated heterocycles. The molecule has 0 spiro atoms. The highest BCUT2D eigenvalue weighted by atomic mass is 16.2. The molecule has 2 amide bonds. The Morgan fingerprint density at radius 1 is 1.10 bits per heavy atom. The second-order valence-corrected chi connectivity index (χ2v) is 5.11. The van der Waals surface area contributed by atoms with Crippen LogP contribution in [0.5, 0.6) is 0 Å². The van der Waals surface area contributed by atoms with Crippen molar-refractivity contribution >= 4 is 11.8 Å². The molecular formula is C15H21N3O2. The van der Waals surface area contributed by atoms with Gasteiger partial charge in [0.1, 0.15) is 5.78 Å². The zero-order valence-electron chi connectivity index (χ0n) is 11.8. The van der Waals surface area contributed by atoms with Crippen LogP contribution in [0.4, 0.5) is 4.79 Å². The second-order valence-electron chi connectivity index (χ2n) is 5.11. The Bertz CT molecular complexity index is 453. The predicted octanol–water partition coefficient (Wildman–Crippen LogP) is 1.10. The molecule has 5 nitrogen and oxygen atoms in total. The molecule has 1 heterocycles. The van der Waals surface area contributed by atoms with Gasteiger partial charge in [-0.05, 0) is 12.5 Å². The lowest BCUT2D eigenvalue weighted by atomic mass is 10.2. The standard InChI is InChI=1S/C15H21N3O2/c1-13(19)12-17-7-9-18(10-8-17)15(20)16-11-14-5-3-2-4-6-14/h2-6H,7-12H2,1H3,(H,16,20). The topological polar surface area (TPSA) is 52.7 Å². The first-order valence-corrected chi connectivity index (χ1v) is 6.93. The van der Waals surface area contributed by atoms with Crippen LogP contribution >= 0.6 is 0 Å². The largest absolute Gasteiger partial charge is 0.334 e. The van der Waals surface area contributed by atoms with E-state index in [2.05, 4.69) is 10.2 Å². The molecule has 1 aromatic rings. The first kappa shape index (κ1) is 14.5. The van der Waals surface area contributed by atoms with E-state index < -0.39 is 0 Å². The van der Waals surface area contributed by atoms with E-state index in [0.29, 0.717) is 26.2 Å². The van der Waals surface area contributed by atoms with Crippen molar-refractivity contribution in [1.82, 2.24) is 15.1 Å². The monoisotopic (exact) mass is 275 g/mol. The van der Waals surface area contributed by atoms with Crippen LogP contribution in [0.1, 0.15) is 12.5 Å². The third-order valence-corrected chi connectivity index (χ3v) is 3.39. The van der Waals surface area contributed by atoms with Crippen LogP contribution in [-0.2, 0) is 11.3 Å². The summed E-state index contributed by atoms with van der Waals surface area (Å²) in [5, 5.41) is 2.93. The molecule has 108 valence electrons. The molecule has 0 radical (unpaired) electrons. The van der Waals surface area contributed by atoms with E-state index in [9.17, 15) is 9.59 Å². The molecule has 5 heteroatoms. The molecule has 1 aliphatic rings. The number of hydrogen-bond donors (Lipinski definition) is 1. The van der Waals surface area contributed by atoms with Crippen molar-refractivity contribution < 1.29 is 9.59 Å². The number of ketones is 1. The SMILES string of the molecule is CC(=O)CN1CCN(C(=O)NCc2ccccc2)CC1. The highest BCUT2D eigenvalue weighted by Gasteiger charge is 2.21. The van der Waals surface area contributed by atoms with Crippen LogP contribution < -0.4 is 5.32 Å². The molecule has 1 N–H and O–H groups in total. The number of piperazine rings is 1. The number of rotatable bonds is 4. The normalized spacial score (nSPS) is 15.9. The minimum absolute atomic E-state index is 0.0312. The molecule has 0 unspecified atom stereocenters. The summed E-state index contributed by atoms with van der Waals surface area (Å²) in [6.45, 7) is 5.50. The number of benzene rings is 1. The predicted molar refractivity (Wildman–Crippen MR) is 77.4 cm³/mol. The van der Waals surface area contributed by atoms with E-state index in [4.69, 9.17) is 0 Å². The number of nitrogens with one attached hydrogen (secondary N) is 1. The molecule has 0 aliphatic carbocycles. The summed E-state index contributed by atoms with van der Waals surface area (Å²) in [5.41, 5.74) is 1.09. The van der Waals surface area contributed by atoms with Crippen LogP contribution in [0.15, 0.2) is 30.3 Å². The Balaban J connectivity index is 1.73. The Kier molecular flexibility index (Phi) is 5.12. The first-order valence-electron chi connectivity index (χ1n) is 6.93. The third kappa shape index (κ3) is 4.35. The number of Topliss-reactive ketones (excluding diaryl/α,β-unsaturated/α-hetero) is 1. The Morgan fingerprint density at radius 2 is 1.75 bits per heavy atom. The lowest BCUT2D eigenvalue weighted by Gasteiger charge is -2.34. The second kappa shape index (κ2) is 7.05. The molecule has 0 aromatic heterocycles. The van der Waals surface area contributed by atoms with Gasteiger partial charge in [-0.2, -0.15) is 0 Å².